The van der Waals surface area contributed by atoms with E-state index in [9.17, 15) is 4.79 Å². The average molecular weight is 478 g/mol. The van der Waals surface area contributed by atoms with Crippen LogP contribution in [0.4, 0.5) is 0 Å². The zero-order valence-electron chi connectivity index (χ0n) is 17.9. The molecule has 5 aromatic rings. The highest BCUT2D eigenvalue weighted by Gasteiger charge is 2.21. The fourth-order valence-electron chi connectivity index (χ4n) is 3.78. The summed E-state index contributed by atoms with van der Waals surface area (Å²) in [5.41, 5.74) is 10.3. The number of carbonyl (C=O) groups is 1. The molecular formula is C24H20ClN5O2S. The zero-order valence-corrected chi connectivity index (χ0v) is 19.5. The number of ether oxygens (including phenoxy) is 1. The van der Waals surface area contributed by atoms with Crippen LogP contribution in [0.5, 0.6) is 5.75 Å². The van der Waals surface area contributed by atoms with Crippen LogP contribution in [0.15, 0.2) is 67.4 Å². The van der Waals surface area contributed by atoms with Gasteiger partial charge < -0.3 is 15.0 Å². The molecule has 0 radical (unpaired) electrons. The zero-order chi connectivity index (χ0) is 23.1. The summed E-state index contributed by atoms with van der Waals surface area (Å²) in [5, 5.41) is 1.38. The van der Waals surface area contributed by atoms with Gasteiger partial charge >= 0.3 is 0 Å². The molecule has 0 aliphatic heterocycles. The number of nitrogens with two attached hydrogens (primary N) is 1. The normalized spacial score (nSPS) is 12.2. The van der Waals surface area contributed by atoms with Gasteiger partial charge in [0.15, 0.2) is 0 Å². The first-order valence-electron chi connectivity index (χ1n) is 10.2. The van der Waals surface area contributed by atoms with Crippen LogP contribution in [-0.4, -0.2) is 25.0 Å². The number of benzene rings is 2. The van der Waals surface area contributed by atoms with E-state index in [0.29, 0.717) is 15.6 Å². The molecule has 9 heteroatoms. The van der Waals surface area contributed by atoms with E-state index < -0.39 is 5.91 Å². The summed E-state index contributed by atoms with van der Waals surface area (Å²) in [6, 6.07) is 15.3. The minimum atomic E-state index is -0.546. The summed E-state index contributed by atoms with van der Waals surface area (Å²) in [6.45, 7) is 1.88. The van der Waals surface area contributed by atoms with Crippen LogP contribution in [-0.2, 0) is 7.05 Å². The van der Waals surface area contributed by atoms with E-state index in [1.54, 1.807) is 12.7 Å². The minimum absolute atomic E-state index is 0.345. The lowest BCUT2D eigenvalue weighted by Crippen LogP contribution is -2.12. The van der Waals surface area contributed by atoms with Crippen LogP contribution >= 0.6 is 22.9 Å². The number of amides is 1. The number of aryl methyl sites for hydroxylation is 1. The molecular weight excluding hydrogens is 458 g/mol. The molecule has 1 atom stereocenters. The highest BCUT2D eigenvalue weighted by molar-refractivity contribution is 7.16. The van der Waals surface area contributed by atoms with Crippen molar-refractivity contribution in [1.29, 1.82) is 0 Å². The highest BCUT2D eigenvalue weighted by atomic mass is 35.5. The van der Waals surface area contributed by atoms with E-state index in [1.165, 1.54) is 11.3 Å². The molecule has 0 saturated carbocycles. The maximum Gasteiger partial charge on any atom is 0.262 e. The number of nitrogens with zero attached hydrogens (tertiary/aromatic N) is 4. The maximum absolute atomic E-state index is 12.2. The van der Waals surface area contributed by atoms with Gasteiger partial charge in [-0.25, -0.2) is 9.97 Å². The molecule has 0 bridgehead atoms. The van der Waals surface area contributed by atoms with Crippen molar-refractivity contribution in [3.63, 3.8) is 0 Å². The van der Waals surface area contributed by atoms with Gasteiger partial charge in [-0.1, -0.05) is 35.9 Å². The van der Waals surface area contributed by atoms with Crippen molar-refractivity contribution in [2.24, 2.45) is 12.8 Å². The first-order valence-corrected chi connectivity index (χ1v) is 11.4. The Labute approximate surface area is 199 Å². The number of primary amides is 1. The molecule has 0 aliphatic rings. The van der Waals surface area contributed by atoms with Crippen LogP contribution in [0.25, 0.3) is 27.3 Å². The van der Waals surface area contributed by atoms with Crippen molar-refractivity contribution in [2.75, 3.05) is 0 Å². The second-order valence-corrected chi connectivity index (χ2v) is 9.07. The Balaban J connectivity index is 1.51. The Hall–Kier alpha value is -3.62. The first-order chi connectivity index (χ1) is 15.9. The molecule has 1 unspecified atom stereocenters. The fraction of sp³-hybridized carbons (Fsp3) is 0.125. The quantitative estimate of drug-likeness (QED) is 0.355. The number of hydrogen-bond donors (Lipinski definition) is 1. The van der Waals surface area contributed by atoms with Gasteiger partial charge in [-0.05, 0) is 25.1 Å². The Kier molecular flexibility index (Phi) is 5.39. The largest absolute Gasteiger partial charge is 0.484 e. The molecule has 3 aromatic heterocycles. The third-order valence-corrected chi connectivity index (χ3v) is 6.93. The van der Waals surface area contributed by atoms with Gasteiger partial charge in [0.25, 0.3) is 5.91 Å². The summed E-state index contributed by atoms with van der Waals surface area (Å²) in [4.78, 5) is 21.2. The van der Waals surface area contributed by atoms with Crippen molar-refractivity contribution in [2.45, 2.75) is 13.0 Å². The van der Waals surface area contributed by atoms with Gasteiger partial charge in [-0.15, -0.1) is 11.3 Å². The second kappa shape index (κ2) is 8.38. The van der Waals surface area contributed by atoms with Gasteiger partial charge in [-0.2, -0.15) is 0 Å². The van der Waals surface area contributed by atoms with E-state index in [-0.39, 0.29) is 6.10 Å². The van der Waals surface area contributed by atoms with Gasteiger partial charge in [0.1, 0.15) is 28.1 Å². The predicted octanol–water partition coefficient (Wildman–Crippen LogP) is 5.38. The number of fused-ring (bicyclic) bond motifs is 1. The Morgan fingerprint density at radius 2 is 2.00 bits per heavy atom. The number of halogens is 1. The van der Waals surface area contributed by atoms with Gasteiger partial charge in [-0.3, -0.25) is 9.36 Å². The average Bonchev–Trinajstić information content (AvgIpc) is 3.51. The number of carbonyl (C=O) groups excluding carboxylic acids is 1. The van der Waals surface area contributed by atoms with Gasteiger partial charge in [0, 0.05) is 29.3 Å². The van der Waals surface area contributed by atoms with E-state index in [0.717, 1.165) is 32.9 Å². The summed E-state index contributed by atoms with van der Waals surface area (Å²) >= 11 is 7.57. The second-order valence-electron chi connectivity index (χ2n) is 7.63. The molecule has 0 aliphatic carbocycles. The molecule has 0 saturated heterocycles. The standard InChI is InChI=1S/C24H20ClN5O2S/c1-14(16-5-3-4-6-17(16)25)32-21-10-22(33-23(21)24(26)31)30-13-28-18-9-15(7-8-19(18)30)20-11-27-12-29(20)2/h3-14H,1-2H3,(H2,26,31). The molecule has 1 amide bonds. The van der Waals surface area contributed by atoms with Crippen LogP contribution < -0.4 is 10.5 Å². The predicted molar refractivity (Wildman–Crippen MR) is 130 cm³/mol. The highest BCUT2D eigenvalue weighted by Crippen LogP contribution is 2.37. The maximum atomic E-state index is 12.2. The van der Waals surface area contributed by atoms with E-state index >= 15 is 0 Å². The molecule has 0 fully saturated rings. The van der Waals surface area contributed by atoms with E-state index in [1.807, 2.05) is 77.8 Å². The lowest BCUT2D eigenvalue weighted by molar-refractivity contribution is 0.0998. The van der Waals surface area contributed by atoms with Crippen LogP contribution in [0.3, 0.4) is 0 Å². The lowest BCUT2D eigenvalue weighted by atomic mass is 10.1. The molecule has 5 rings (SSSR count). The molecule has 7 nitrogen and oxygen atoms in total. The van der Waals surface area contributed by atoms with Crippen LogP contribution in [0, 0.1) is 0 Å². The molecule has 3 heterocycles. The van der Waals surface area contributed by atoms with Gasteiger partial charge in [0.2, 0.25) is 0 Å². The molecule has 2 aromatic carbocycles. The summed E-state index contributed by atoms with van der Waals surface area (Å²) in [7, 11) is 1.95. The third kappa shape index (κ3) is 3.88. The number of imidazole rings is 2. The molecule has 166 valence electrons. The van der Waals surface area contributed by atoms with Crippen LogP contribution in [0.2, 0.25) is 5.02 Å². The Morgan fingerprint density at radius 3 is 2.73 bits per heavy atom. The fourth-order valence-corrected chi connectivity index (χ4v) is 5.00. The van der Waals surface area contributed by atoms with Crippen molar-refractivity contribution in [3.8, 4) is 22.0 Å². The third-order valence-electron chi connectivity index (χ3n) is 5.45. The van der Waals surface area contributed by atoms with Crippen LogP contribution in [0.1, 0.15) is 28.3 Å². The summed E-state index contributed by atoms with van der Waals surface area (Å²) in [5.74, 6) is -0.126. The number of hydrogen-bond acceptors (Lipinski definition) is 5. The van der Waals surface area contributed by atoms with E-state index in [4.69, 9.17) is 22.1 Å². The monoisotopic (exact) mass is 477 g/mol. The van der Waals surface area contributed by atoms with Crippen molar-refractivity contribution >= 4 is 39.9 Å². The summed E-state index contributed by atoms with van der Waals surface area (Å²) in [6.07, 6.45) is 4.95. The first kappa shape index (κ1) is 21.2. The summed E-state index contributed by atoms with van der Waals surface area (Å²) < 4.78 is 10.0. The van der Waals surface area contributed by atoms with Crippen molar-refractivity contribution in [3.05, 3.63) is 82.8 Å². The number of aromatic nitrogens is 4. The number of thiophene rings is 1. The lowest BCUT2D eigenvalue weighted by Gasteiger charge is -2.16. The SMILES string of the molecule is CC(Oc1cc(-n2cnc3cc(-c4cncn4C)ccc32)sc1C(N)=O)c1ccccc1Cl. The Bertz CT molecular complexity index is 1490. The van der Waals surface area contributed by atoms with Crippen molar-refractivity contribution < 1.29 is 9.53 Å². The molecule has 2 N–H and O–H groups in total. The minimum Gasteiger partial charge on any atom is -0.484 e. The van der Waals surface area contributed by atoms with Crippen molar-refractivity contribution in [1.82, 2.24) is 19.1 Å². The molecule has 0 spiro atoms. The van der Waals surface area contributed by atoms with E-state index in [2.05, 4.69) is 9.97 Å². The Morgan fingerprint density at radius 1 is 1.18 bits per heavy atom. The smallest absolute Gasteiger partial charge is 0.262 e. The molecule has 33 heavy (non-hydrogen) atoms. The topological polar surface area (TPSA) is 88.0 Å². The number of rotatable bonds is 6. The van der Waals surface area contributed by atoms with Gasteiger partial charge in [0.05, 0.1) is 29.3 Å².